The topological polar surface area (TPSA) is 68.8 Å². The van der Waals surface area contributed by atoms with Gasteiger partial charge in [0.05, 0.1) is 6.20 Å². The van der Waals surface area contributed by atoms with Gasteiger partial charge in [-0.25, -0.2) is 4.98 Å². The van der Waals surface area contributed by atoms with E-state index in [-0.39, 0.29) is 0 Å². The van der Waals surface area contributed by atoms with E-state index in [1.54, 1.807) is 4.68 Å². The van der Waals surface area contributed by atoms with Gasteiger partial charge in [-0.3, -0.25) is 4.68 Å². The van der Waals surface area contributed by atoms with Gasteiger partial charge in [-0.2, -0.15) is 5.10 Å². The molecule has 0 saturated carbocycles. The second-order valence-corrected chi connectivity index (χ2v) is 3.45. The number of pyridine rings is 1. The van der Waals surface area contributed by atoms with Crippen LogP contribution in [0.15, 0.2) is 18.3 Å². The minimum Gasteiger partial charge on any atom is -0.370 e. The number of nitrogens with one attached hydrogen (secondary N) is 1. The molecule has 0 spiro atoms. The molecule has 0 aliphatic heterocycles. The van der Waals surface area contributed by atoms with Gasteiger partial charge in [-0.05, 0) is 25.1 Å². The van der Waals surface area contributed by atoms with E-state index in [2.05, 4.69) is 15.4 Å². The molecule has 0 amide bonds. The number of aromatic nitrogens is 3. The molecule has 2 rings (SSSR count). The summed E-state index contributed by atoms with van der Waals surface area (Å²) in [5.74, 6) is 0.875. The highest BCUT2D eigenvalue weighted by Crippen LogP contribution is 2.13. The van der Waals surface area contributed by atoms with Crippen molar-refractivity contribution in [3.63, 3.8) is 0 Å². The fourth-order valence-corrected chi connectivity index (χ4v) is 1.44. The maximum absolute atomic E-state index is 5.42. The van der Waals surface area contributed by atoms with Crippen LogP contribution >= 0.6 is 0 Å². The summed E-state index contributed by atoms with van der Waals surface area (Å²) in [4.78, 5) is 4.46. The molecular formula is C10H15N5. The summed E-state index contributed by atoms with van der Waals surface area (Å²) in [7, 11) is 1.89. The van der Waals surface area contributed by atoms with Gasteiger partial charge in [-0.1, -0.05) is 0 Å². The second-order valence-electron chi connectivity index (χ2n) is 3.45. The number of hydrogen-bond acceptors (Lipinski definition) is 4. The van der Waals surface area contributed by atoms with E-state index < -0.39 is 0 Å². The lowest BCUT2D eigenvalue weighted by molar-refractivity contribution is 0.786. The summed E-state index contributed by atoms with van der Waals surface area (Å²) in [6.45, 7) is 1.55. The molecule has 5 nitrogen and oxygen atoms in total. The molecular weight excluding hydrogens is 190 g/mol. The second kappa shape index (κ2) is 4.27. The molecule has 0 saturated heterocycles. The number of rotatable bonds is 4. The Morgan fingerprint density at radius 3 is 3.13 bits per heavy atom. The van der Waals surface area contributed by atoms with Crippen LogP contribution in [0.2, 0.25) is 0 Å². The van der Waals surface area contributed by atoms with Crippen LogP contribution in [-0.4, -0.2) is 27.9 Å². The molecule has 0 aliphatic rings. The maximum Gasteiger partial charge on any atom is 0.159 e. The first kappa shape index (κ1) is 9.92. The Balaban J connectivity index is 2.18. The van der Waals surface area contributed by atoms with Crippen molar-refractivity contribution in [2.24, 2.45) is 12.8 Å². The minimum atomic E-state index is 0.695. The highest BCUT2D eigenvalue weighted by molar-refractivity contribution is 5.76. The largest absolute Gasteiger partial charge is 0.370 e. The number of fused-ring (bicyclic) bond motifs is 1. The van der Waals surface area contributed by atoms with Crippen LogP contribution in [0.3, 0.4) is 0 Å². The molecule has 0 unspecified atom stereocenters. The molecule has 2 heterocycles. The zero-order valence-corrected chi connectivity index (χ0v) is 8.77. The quantitative estimate of drug-likeness (QED) is 0.722. The van der Waals surface area contributed by atoms with Crippen LogP contribution in [0, 0.1) is 0 Å². The maximum atomic E-state index is 5.42. The lowest BCUT2D eigenvalue weighted by Gasteiger charge is -2.04. The highest BCUT2D eigenvalue weighted by Gasteiger charge is 2.01. The molecule has 0 bridgehead atoms. The van der Waals surface area contributed by atoms with Gasteiger partial charge in [0.25, 0.3) is 0 Å². The summed E-state index contributed by atoms with van der Waals surface area (Å²) in [6, 6.07) is 3.97. The van der Waals surface area contributed by atoms with E-state index in [1.807, 2.05) is 25.4 Å². The minimum absolute atomic E-state index is 0.695. The monoisotopic (exact) mass is 205 g/mol. The van der Waals surface area contributed by atoms with Gasteiger partial charge in [0.2, 0.25) is 0 Å². The summed E-state index contributed by atoms with van der Waals surface area (Å²) in [6.07, 6.45) is 2.76. The lowest BCUT2D eigenvalue weighted by Crippen LogP contribution is -2.09. The Hall–Kier alpha value is -1.62. The van der Waals surface area contributed by atoms with Gasteiger partial charge in [0, 0.05) is 19.0 Å². The van der Waals surface area contributed by atoms with Crippen molar-refractivity contribution in [1.82, 2.24) is 14.8 Å². The molecule has 0 aromatic carbocycles. The van der Waals surface area contributed by atoms with E-state index >= 15 is 0 Å². The average molecular weight is 205 g/mol. The first-order chi connectivity index (χ1) is 7.31. The first-order valence-corrected chi connectivity index (χ1v) is 5.04. The number of nitrogens with two attached hydrogens (primary N) is 1. The molecule has 0 aliphatic carbocycles. The van der Waals surface area contributed by atoms with Crippen molar-refractivity contribution in [2.45, 2.75) is 6.42 Å². The van der Waals surface area contributed by atoms with Crippen LogP contribution in [0.5, 0.6) is 0 Å². The molecule has 0 atom stereocenters. The molecule has 15 heavy (non-hydrogen) atoms. The predicted molar refractivity (Wildman–Crippen MR) is 60.7 cm³/mol. The molecule has 5 heteroatoms. The van der Waals surface area contributed by atoms with Crippen LogP contribution in [-0.2, 0) is 7.05 Å². The number of anilines is 1. The van der Waals surface area contributed by atoms with Crippen LogP contribution in [0.25, 0.3) is 11.0 Å². The summed E-state index contributed by atoms with van der Waals surface area (Å²) in [5, 5.41) is 8.42. The van der Waals surface area contributed by atoms with Crippen molar-refractivity contribution in [3.8, 4) is 0 Å². The molecule has 2 aromatic heterocycles. The van der Waals surface area contributed by atoms with Gasteiger partial charge in [-0.15, -0.1) is 0 Å². The predicted octanol–water partition coefficient (Wildman–Crippen LogP) is 0.729. The van der Waals surface area contributed by atoms with Crippen molar-refractivity contribution in [2.75, 3.05) is 18.4 Å². The van der Waals surface area contributed by atoms with E-state index in [1.165, 1.54) is 0 Å². The van der Waals surface area contributed by atoms with Gasteiger partial charge in [0.15, 0.2) is 5.65 Å². The van der Waals surface area contributed by atoms with Crippen molar-refractivity contribution < 1.29 is 0 Å². The fraction of sp³-hybridized carbons (Fsp3) is 0.400. The third kappa shape index (κ3) is 2.07. The van der Waals surface area contributed by atoms with Crippen molar-refractivity contribution in [1.29, 1.82) is 0 Å². The zero-order chi connectivity index (χ0) is 10.7. The Morgan fingerprint density at radius 1 is 1.47 bits per heavy atom. The number of nitrogens with zero attached hydrogens (tertiary/aromatic N) is 3. The standard InChI is InChI=1S/C10H15N5/c1-15-10-8(7-13-15)3-4-9(14-10)12-6-2-5-11/h3-4,7H,2,5-6,11H2,1H3,(H,12,14). The van der Waals surface area contributed by atoms with Gasteiger partial charge < -0.3 is 11.1 Å². The van der Waals surface area contributed by atoms with Crippen LogP contribution in [0.1, 0.15) is 6.42 Å². The zero-order valence-electron chi connectivity index (χ0n) is 8.77. The van der Waals surface area contributed by atoms with Crippen LogP contribution < -0.4 is 11.1 Å². The summed E-state index contributed by atoms with van der Waals surface area (Å²) < 4.78 is 1.77. The molecule has 0 fully saturated rings. The molecule has 3 N–H and O–H groups in total. The van der Waals surface area contributed by atoms with Crippen LogP contribution in [0.4, 0.5) is 5.82 Å². The lowest BCUT2D eigenvalue weighted by atomic mass is 10.3. The third-order valence-electron chi connectivity index (χ3n) is 2.27. The molecule has 0 radical (unpaired) electrons. The van der Waals surface area contributed by atoms with Crippen molar-refractivity contribution >= 4 is 16.9 Å². The van der Waals surface area contributed by atoms with Gasteiger partial charge in [0.1, 0.15) is 5.82 Å². The van der Waals surface area contributed by atoms with E-state index in [0.29, 0.717) is 6.54 Å². The Kier molecular flexibility index (Phi) is 2.82. The molecule has 2 aromatic rings. The normalized spacial score (nSPS) is 10.8. The first-order valence-electron chi connectivity index (χ1n) is 5.04. The average Bonchev–Trinajstić information content (AvgIpc) is 2.61. The summed E-state index contributed by atoms with van der Waals surface area (Å²) in [5.41, 5.74) is 6.31. The number of aryl methyl sites for hydroxylation is 1. The Morgan fingerprint density at radius 2 is 2.33 bits per heavy atom. The van der Waals surface area contributed by atoms with Crippen molar-refractivity contribution in [3.05, 3.63) is 18.3 Å². The SMILES string of the molecule is Cn1ncc2ccc(NCCCN)nc21. The van der Waals surface area contributed by atoms with E-state index in [0.717, 1.165) is 29.8 Å². The number of hydrogen-bond donors (Lipinski definition) is 2. The Labute approximate surface area is 88.3 Å². The highest BCUT2D eigenvalue weighted by atomic mass is 15.3. The van der Waals surface area contributed by atoms with E-state index in [9.17, 15) is 0 Å². The third-order valence-corrected chi connectivity index (χ3v) is 2.27. The Bertz CT molecular complexity index is 448. The van der Waals surface area contributed by atoms with Gasteiger partial charge >= 0.3 is 0 Å². The fourth-order valence-electron chi connectivity index (χ4n) is 1.44. The summed E-state index contributed by atoms with van der Waals surface area (Å²) >= 11 is 0. The molecule has 80 valence electrons. The smallest absolute Gasteiger partial charge is 0.159 e. The van der Waals surface area contributed by atoms with E-state index in [4.69, 9.17) is 5.73 Å².